The number of likely N-dealkylation sites (N-methyl/N-ethyl adjacent to an activating group) is 1. The zero-order valence-corrected chi connectivity index (χ0v) is 13.0. The minimum absolute atomic E-state index is 0.557. The van der Waals surface area contributed by atoms with Gasteiger partial charge in [0.25, 0.3) is 0 Å². The molecule has 0 saturated carbocycles. The molecule has 5 nitrogen and oxygen atoms in total. The van der Waals surface area contributed by atoms with Gasteiger partial charge < -0.3 is 19.9 Å². The molecule has 0 spiro atoms. The van der Waals surface area contributed by atoms with Gasteiger partial charge in [0, 0.05) is 31.7 Å². The van der Waals surface area contributed by atoms with E-state index in [1.54, 1.807) is 0 Å². The first kappa shape index (κ1) is 14.4. The van der Waals surface area contributed by atoms with Crippen LogP contribution in [0.5, 0.6) is 0 Å². The smallest absolute Gasteiger partial charge is 0.151 e. The van der Waals surface area contributed by atoms with Crippen molar-refractivity contribution in [3.63, 3.8) is 0 Å². The van der Waals surface area contributed by atoms with Crippen LogP contribution in [0.2, 0.25) is 0 Å². The number of nitrogens with zero attached hydrogens (tertiary/aromatic N) is 4. The van der Waals surface area contributed by atoms with E-state index in [0.29, 0.717) is 12.6 Å². The molecule has 114 valence electrons. The summed E-state index contributed by atoms with van der Waals surface area (Å²) in [6.07, 6.45) is 5.45. The molecule has 1 fully saturated rings. The van der Waals surface area contributed by atoms with Crippen molar-refractivity contribution in [1.29, 1.82) is 0 Å². The topological polar surface area (TPSA) is 49.8 Å². The average molecular weight is 287 g/mol. The number of nitrogens with two attached hydrogens (primary N) is 1. The summed E-state index contributed by atoms with van der Waals surface area (Å²) in [6.45, 7) is 2.83. The third-order valence-electron chi connectivity index (χ3n) is 4.21. The Morgan fingerprint density at radius 2 is 2.24 bits per heavy atom. The fourth-order valence-corrected chi connectivity index (χ4v) is 3.36. The maximum absolute atomic E-state index is 5.83. The number of pyridine rings is 1. The van der Waals surface area contributed by atoms with Crippen molar-refractivity contribution < 1.29 is 0 Å². The predicted molar refractivity (Wildman–Crippen MR) is 86.9 cm³/mol. The molecule has 2 N–H and O–H groups in total. The second-order valence-corrected chi connectivity index (χ2v) is 6.10. The first-order valence-electron chi connectivity index (χ1n) is 7.78. The highest BCUT2D eigenvalue weighted by molar-refractivity contribution is 5.57. The number of hydrogen-bond acceptors (Lipinski definition) is 4. The average Bonchev–Trinajstić information content (AvgIpc) is 3.03. The van der Waals surface area contributed by atoms with Gasteiger partial charge in [-0.2, -0.15) is 0 Å². The molecule has 3 heterocycles. The van der Waals surface area contributed by atoms with E-state index in [1.165, 1.54) is 18.5 Å². The molecule has 1 saturated heterocycles. The maximum Gasteiger partial charge on any atom is 0.151 e. The van der Waals surface area contributed by atoms with E-state index in [9.17, 15) is 0 Å². The highest BCUT2D eigenvalue weighted by atomic mass is 15.3. The number of imidazole rings is 1. The molecule has 0 aromatic carbocycles. The van der Waals surface area contributed by atoms with Gasteiger partial charge in [0.05, 0.1) is 5.69 Å². The molecule has 3 rings (SSSR count). The van der Waals surface area contributed by atoms with Crippen molar-refractivity contribution in [3.8, 4) is 0 Å². The Kier molecular flexibility index (Phi) is 4.12. The molecule has 0 aliphatic carbocycles. The number of aromatic nitrogens is 2. The van der Waals surface area contributed by atoms with Crippen LogP contribution in [0.1, 0.15) is 18.5 Å². The zero-order valence-electron chi connectivity index (χ0n) is 13.0. The Balaban J connectivity index is 2.00. The van der Waals surface area contributed by atoms with Crippen LogP contribution >= 0.6 is 0 Å². The summed E-state index contributed by atoms with van der Waals surface area (Å²) in [5.41, 5.74) is 8.09. The van der Waals surface area contributed by atoms with Crippen molar-refractivity contribution in [2.45, 2.75) is 25.3 Å². The number of rotatable bonds is 5. The lowest BCUT2D eigenvalue weighted by Crippen LogP contribution is -2.38. The summed E-state index contributed by atoms with van der Waals surface area (Å²) in [7, 11) is 4.28. The standard InChI is InChI=1S/C16H25N5/c1-19(2)12-13-6-5-11-20(13)16-14(8-9-17)21-10-4-3-7-15(21)18-16/h3-4,7,10,13H,5-6,8-9,11-12,17H2,1-2H3. The summed E-state index contributed by atoms with van der Waals surface area (Å²) < 4.78 is 2.19. The Bertz CT molecular complexity index is 604. The van der Waals surface area contributed by atoms with Crippen LogP contribution in [-0.4, -0.2) is 54.1 Å². The largest absolute Gasteiger partial charge is 0.351 e. The lowest BCUT2D eigenvalue weighted by molar-refractivity contribution is 0.371. The Morgan fingerprint density at radius 1 is 1.38 bits per heavy atom. The van der Waals surface area contributed by atoms with E-state index in [4.69, 9.17) is 10.7 Å². The third kappa shape index (κ3) is 2.76. The van der Waals surface area contributed by atoms with Crippen molar-refractivity contribution in [1.82, 2.24) is 14.3 Å². The highest BCUT2D eigenvalue weighted by Crippen LogP contribution is 2.29. The lowest BCUT2D eigenvalue weighted by atomic mass is 10.2. The summed E-state index contributed by atoms with van der Waals surface area (Å²) in [5.74, 6) is 1.14. The summed E-state index contributed by atoms with van der Waals surface area (Å²) in [5, 5.41) is 0. The van der Waals surface area contributed by atoms with Crippen LogP contribution in [0.3, 0.4) is 0 Å². The van der Waals surface area contributed by atoms with E-state index in [2.05, 4.69) is 46.6 Å². The van der Waals surface area contributed by atoms with Crippen LogP contribution in [0, 0.1) is 0 Å². The minimum Gasteiger partial charge on any atom is -0.351 e. The molecule has 1 unspecified atom stereocenters. The van der Waals surface area contributed by atoms with Crippen molar-refractivity contribution in [3.05, 3.63) is 30.1 Å². The fraction of sp³-hybridized carbons (Fsp3) is 0.562. The van der Waals surface area contributed by atoms with Crippen LogP contribution < -0.4 is 10.6 Å². The van der Waals surface area contributed by atoms with Gasteiger partial charge in [-0.1, -0.05) is 6.07 Å². The Morgan fingerprint density at radius 3 is 3.00 bits per heavy atom. The second kappa shape index (κ2) is 6.03. The minimum atomic E-state index is 0.557. The van der Waals surface area contributed by atoms with Crippen molar-refractivity contribution >= 4 is 11.5 Å². The third-order valence-corrected chi connectivity index (χ3v) is 4.21. The molecule has 0 amide bonds. The van der Waals surface area contributed by atoms with Crippen LogP contribution in [0.4, 0.5) is 5.82 Å². The molecule has 21 heavy (non-hydrogen) atoms. The van der Waals surface area contributed by atoms with Crippen molar-refractivity contribution in [2.75, 3.05) is 38.6 Å². The molecule has 2 aromatic rings. The molecule has 0 bridgehead atoms. The van der Waals surface area contributed by atoms with E-state index in [1.807, 2.05) is 6.07 Å². The van der Waals surface area contributed by atoms with Gasteiger partial charge in [-0.3, -0.25) is 0 Å². The first-order valence-corrected chi connectivity index (χ1v) is 7.78. The van der Waals surface area contributed by atoms with E-state index < -0.39 is 0 Å². The molecule has 1 aliphatic rings. The predicted octanol–water partition coefficient (Wildman–Crippen LogP) is 1.37. The summed E-state index contributed by atoms with van der Waals surface area (Å²) >= 11 is 0. The van der Waals surface area contributed by atoms with Gasteiger partial charge in [-0.15, -0.1) is 0 Å². The monoisotopic (exact) mass is 287 g/mol. The maximum atomic E-state index is 5.83. The van der Waals surface area contributed by atoms with Crippen LogP contribution in [0.15, 0.2) is 24.4 Å². The summed E-state index contributed by atoms with van der Waals surface area (Å²) in [6, 6.07) is 6.72. The second-order valence-electron chi connectivity index (χ2n) is 6.10. The Labute approximate surface area is 126 Å². The van der Waals surface area contributed by atoms with Gasteiger partial charge in [0.15, 0.2) is 5.82 Å². The molecule has 2 aromatic heterocycles. The van der Waals surface area contributed by atoms with Gasteiger partial charge in [-0.05, 0) is 45.6 Å². The number of anilines is 1. The molecule has 1 aliphatic heterocycles. The van der Waals surface area contributed by atoms with Crippen LogP contribution in [0.25, 0.3) is 5.65 Å². The summed E-state index contributed by atoms with van der Waals surface area (Å²) in [4.78, 5) is 9.64. The molecule has 1 atom stereocenters. The SMILES string of the molecule is CN(C)CC1CCCN1c1nc2ccccn2c1CCN. The normalized spacial score (nSPS) is 19.0. The molecule has 0 radical (unpaired) electrons. The van der Waals surface area contributed by atoms with Gasteiger partial charge in [-0.25, -0.2) is 4.98 Å². The fourth-order valence-electron chi connectivity index (χ4n) is 3.36. The van der Waals surface area contributed by atoms with Gasteiger partial charge in [0.2, 0.25) is 0 Å². The Hall–Kier alpha value is -1.59. The lowest BCUT2D eigenvalue weighted by Gasteiger charge is -2.28. The quantitative estimate of drug-likeness (QED) is 0.902. The zero-order chi connectivity index (χ0) is 14.8. The first-order chi connectivity index (χ1) is 10.2. The highest BCUT2D eigenvalue weighted by Gasteiger charge is 2.29. The molecular formula is C16H25N5. The van der Waals surface area contributed by atoms with Gasteiger partial charge >= 0.3 is 0 Å². The molecule has 5 heteroatoms. The van der Waals surface area contributed by atoms with E-state index in [0.717, 1.165) is 31.0 Å². The number of fused-ring (bicyclic) bond motifs is 1. The number of hydrogen-bond donors (Lipinski definition) is 1. The van der Waals surface area contributed by atoms with Gasteiger partial charge in [0.1, 0.15) is 5.65 Å². The van der Waals surface area contributed by atoms with Crippen LogP contribution in [-0.2, 0) is 6.42 Å². The van der Waals surface area contributed by atoms with E-state index in [-0.39, 0.29) is 0 Å². The van der Waals surface area contributed by atoms with Crippen molar-refractivity contribution in [2.24, 2.45) is 5.73 Å². The van der Waals surface area contributed by atoms with E-state index >= 15 is 0 Å². The molecular weight excluding hydrogens is 262 g/mol.